The molecule has 4 aliphatic carbocycles. The van der Waals surface area contributed by atoms with Crippen LogP contribution in [0.3, 0.4) is 0 Å². The summed E-state index contributed by atoms with van der Waals surface area (Å²) in [5, 5.41) is 12.3. The number of carbonyl (C=O) groups excluding carboxylic acids is 2. The second-order valence-electron chi connectivity index (χ2n) is 11.7. The third-order valence-corrected chi connectivity index (χ3v) is 10.8. The van der Waals surface area contributed by atoms with Crippen molar-refractivity contribution in [3.05, 3.63) is 23.8 Å². The van der Waals surface area contributed by atoms with E-state index < -0.39 is 52.2 Å². The van der Waals surface area contributed by atoms with Gasteiger partial charge in [-0.05, 0) is 62.2 Å². The number of carbonyl (C=O) groups is 2. The summed E-state index contributed by atoms with van der Waals surface area (Å²) in [6.45, 7) is 5.14. The molecule has 1 spiro atoms. The molecule has 1 heterocycles. The molecule has 5 aliphatic rings. The summed E-state index contributed by atoms with van der Waals surface area (Å²) >= 11 is 3.41. The first-order valence-electron chi connectivity index (χ1n) is 12.8. The zero-order valence-corrected chi connectivity index (χ0v) is 22.8. The van der Waals surface area contributed by atoms with Crippen molar-refractivity contribution >= 4 is 27.5 Å². The molecule has 1 aliphatic heterocycles. The van der Waals surface area contributed by atoms with Crippen molar-refractivity contribution in [2.24, 2.45) is 28.6 Å². The lowest BCUT2D eigenvalue weighted by atomic mass is 9.44. The molecule has 0 bridgehead atoms. The van der Waals surface area contributed by atoms with Gasteiger partial charge in [-0.3, -0.25) is 9.59 Å². The van der Waals surface area contributed by atoms with Crippen molar-refractivity contribution in [2.45, 2.75) is 82.4 Å². The molecule has 0 aromatic heterocycles. The lowest BCUT2D eigenvalue weighted by molar-refractivity contribution is -0.431. The maximum absolute atomic E-state index is 17.4. The average molecular weight is 573 g/mol. The van der Waals surface area contributed by atoms with Gasteiger partial charge in [-0.2, -0.15) is 0 Å². The Labute approximate surface area is 218 Å². The van der Waals surface area contributed by atoms with Gasteiger partial charge in [0.2, 0.25) is 0 Å². The number of rotatable bonds is 4. The monoisotopic (exact) mass is 572 g/mol. The molecule has 3 unspecified atom stereocenters. The van der Waals surface area contributed by atoms with E-state index in [1.165, 1.54) is 25.3 Å². The molecule has 0 amide bonds. The number of hydrogen-bond donors (Lipinski definition) is 1. The Morgan fingerprint density at radius 2 is 1.97 bits per heavy atom. The minimum absolute atomic E-state index is 0.0411. The van der Waals surface area contributed by atoms with Gasteiger partial charge >= 0.3 is 0 Å². The second-order valence-corrected chi connectivity index (χ2v) is 12.5. The number of allylic oxidation sites excluding steroid dienone is 4. The fourth-order valence-corrected chi connectivity index (χ4v) is 8.84. The van der Waals surface area contributed by atoms with E-state index in [9.17, 15) is 14.7 Å². The van der Waals surface area contributed by atoms with Crippen LogP contribution in [0, 0.1) is 28.6 Å². The van der Waals surface area contributed by atoms with Gasteiger partial charge in [0.1, 0.15) is 18.4 Å². The van der Waals surface area contributed by atoms with Crippen LogP contribution in [0.15, 0.2) is 23.8 Å². The smallest absolute Gasteiger partial charge is 0.284 e. The van der Waals surface area contributed by atoms with E-state index in [4.69, 9.17) is 14.2 Å². The predicted molar refractivity (Wildman–Crippen MR) is 131 cm³/mol. The SMILES string of the molecule is COC1(CCCBr)OCC(=O)[C@@]2(O1)[C@H](C)CC1C3C[C@H](F)C4=CC(=O)C=C[C@]4(C)[C@@]3(F)[C@@H](O)C[C@@]12C. The van der Waals surface area contributed by atoms with Crippen LogP contribution in [0.2, 0.25) is 0 Å². The Balaban J connectivity index is 1.61. The van der Waals surface area contributed by atoms with Crippen LogP contribution in [0.1, 0.15) is 52.9 Å². The Morgan fingerprint density at radius 3 is 2.64 bits per heavy atom. The first-order chi connectivity index (χ1) is 16.8. The van der Waals surface area contributed by atoms with Gasteiger partial charge in [0.15, 0.2) is 17.2 Å². The van der Waals surface area contributed by atoms with Crippen LogP contribution < -0.4 is 0 Å². The lowest BCUT2D eigenvalue weighted by Crippen LogP contribution is -2.73. The van der Waals surface area contributed by atoms with Gasteiger partial charge in [-0.25, -0.2) is 8.78 Å². The van der Waals surface area contributed by atoms with E-state index in [0.29, 0.717) is 24.6 Å². The Hall–Kier alpha value is -1.00. The van der Waals surface area contributed by atoms with E-state index in [2.05, 4.69) is 15.9 Å². The number of methoxy groups -OCH3 is 1. The van der Waals surface area contributed by atoms with Crippen LogP contribution in [0.5, 0.6) is 0 Å². The molecule has 5 rings (SSSR count). The quantitative estimate of drug-likeness (QED) is 0.503. The van der Waals surface area contributed by atoms with Gasteiger partial charge in [0.05, 0.1) is 6.10 Å². The highest BCUT2D eigenvalue weighted by Gasteiger charge is 2.78. The van der Waals surface area contributed by atoms with E-state index in [1.54, 1.807) is 6.92 Å². The van der Waals surface area contributed by atoms with Crippen molar-refractivity contribution < 1.29 is 37.7 Å². The van der Waals surface area contributed by atoms with Crippen LogP contribution in [-0.4, -0.2) is 65.2 Å². The molecule has 9 heteroatoms. The molecule has 1 N–H and O–H groups in total. The summed E-state index contributed by atoms with van der Waals surface area (Å²) in [6, 6.07) is 0. The molecule has 10 atom stereocenters. The van der Waals surface area contributed by atoms with Gasteiger partial charge in [0.25, 0.3) is 5.97 Å². The van der Waals surface area contributed by atoms with Gasteiger partial charge < -0.3 is 19.3 Å². The summed E-state index contributed by atoms with van der Waals surface area (Å²) in [5.41, 5.74) is -5.92. The van der Waals surface area contributed by atoms with E-state index >= 15 is 8.78 Å². The number of aliphatic hydroxyl groups excluding tert-OH is 1. The van der Waals surface area contributed by atoms with E-state index in [1.807, 2.05) is 13.8 Å². The molecular weight excluding hydrogens is 538 g/mol. The number of alkyl halides is 3. The van der Waals surface area contributed by atoms with Crippen molar-refractivity contribution in [3.8, 4) is 0 Å². The third kappa shape index (κ3) is 3.12. The molecule has 3 saturated carbocycles. The summed E-state index contributed by atoms with van der Waals surface area (Å²) in [4.78, 5) is 25.7. The highest BCUT2D eigenvalue weighted by atomic mass is 79.9. The van der Waals surface area contributed by atoms with Crippen molar-refractivity contribution in [2.75, 3.05) is 19.0 Å². The summed E-state index contributed by atoms with van der Waals surface area (Å²) in [5.74, 6) is -3.71. The maximum Gasteiger partial charge on any atom is 0.284 e. The second kappa shape index (κ2) is 8.50. The number of halogens is 3. The highest BCUT2D eigenvalue weighted by Crippen LogP contribution is 2.72. The minimum atomic E-state index is -2.20. The Kier molecular flexibility index (Phi) is 6.28. The number of ketones is 2. The normalized spacial score (nSPS) is 52.1. The van der Waals surface area contributed by atoms with Crippen LogP contribution in [0.25, 0.3) is 0 Å². The first kappa shape index (κ1) is 26.6. The molecular formula is C27H35BrF2O6. The predicted octanol–water partition coefficient (Wildman–Crippen LogP) is 4.38. The summed E-state index contributed by atoms with van der Waals surface area (Å²) in [7, 11) is 1.47. The average Bonchev–Trinajstić information content (AvgIpc) is 3.05. The maximum atomic E-state index is 17.4. The number of ether oxygens (including phenoxy) is 3. The highest BCUT2D eigenvalue weighted by molar-refractivity contribution is 9.09. The Bertz CT molecular complexity index is 1030. The minimum Gasteiger partial charge on any atom is -0.390 e. The van der Waals surface area contributed by atoms with E-state index in [-0.39, 0.29) is 42.5 Å². The standard InChI is InChI=1S/C27H35BrF2O6/c1-15-10-17-18-12-20(29)19-11-16(31)6-8-23(19,2)26(18,30)21(32)13-24(17,3)27(15)22(33)14-35-25(34-4,36-27)7-5-9-28/h6,8,11,15,17-18,20-21,32H,5,7,9-10,12-14H2,1-4H3/t15-,17?,18?,20+,21+,23+,24+,25?,26+,27+/m1/s1. The number of aliphatic hydroxyl groups is 1. The lowest BCUT2D eigenvalue weighted by Gasteiger charge is -2.64. The molecule has 0 aromatic rings. The number of fused-ring (bicyclic) bond motifs is 6. The van der Waals surface area contributed by atoms with Gasteiger partial charge in [-0.15, -0.1) is 0 Å². The zero-order valence-electron chi connectivity index (χ0n) is 21.2. The summed E-state index contributed by atoms with van der Waals surface area (Å²) in [6.07, 6.45) is 2.14. The van der Waals surface area contributed by atoms with Crippen LogP contribution in [0.4, 0.5) is 8.78 Å². The van der Waals surface area contributed by atoms with Gasteiger partial charge in [-0.1, -0.05) is 35.9 Å². The van der Waals surface area contributed by atoms with Crippen LogP contribution in [-0.2, 0) is 23.8 Å². The zero-order chi connectivity index (χ0) is 26.3. The molecule has 200 valence electrons. The van der Waals surface area contributed by atoms with E-state index in [0.717, 1.165) is 0 Å². The third-order valence-electron chi connectivity index (χ3n) is 10.3. The fraction of sp³-hybridized carbons (Fsp3) is 0.778. The molecule has 4 fully saturated rings. The van der Waals surface area contributed by atoms with Crippen LogP contribution >= 0.6 is 15.9 Å². The molecule has 1 saturated heterocycles. The van der Waals surface area contributed by atoms with Crippen molar-refractivity contribution in [1.29, 1.82) is 0 Å². The van der Waals surface area contributed by atoms with Gasteiger partial charge in [0, 0.05) is 35.6 Å². The Morgan fingerprint density at radius 1 is 1.25 bits per heavy atom. The number of hydrogen-bond acceptors (Lipinski definition) is 6. The fourth-order valence-electron chi connectivity index (χ4n) is 8.56. The van der Waals surface area contributed by atoms with Crippen molar-refractivity contribution in [3.63, 3.8) is 0 Å². The number of Topliss-reactive ketones (excluding diaryl/α,β-unsaturated/α-hetero) is 1. The topological polar surface area (TPSA) is 82.1 Å². The van der Waals surface area contributed by atoms with Crippen molar-refractivity contribution in [1.82, 2.24) is 0 Å². The molecule has 0 radical (unpaired) electrons. The molecule has 6 nitrogen and oxygen atoms in total. The molecule has 36 heavy (non-hydrogen) atoms. The summed E-state index contributed by atoms with van der Waals surface area (Å²) < 4.78 is 51.2. The molecule has 0 aromatic carbocycles. The first-order valence-corrected chi connectivity index (χ1v) is 13.9. The largest absolute Gasteiger partial charge is 0.390 e.